The van der Waals surface area contributed by atoms with Crippen molar-refractivity contribution in [1.82, 2.24) is 14.4 Å². The van der Waals surface area contributed by atoms with Crippen LogP contribution in [-0.4, -0.2) is 27.5 Å². The standard InChI is InChI=1S/C20H24Cl2N4.ClH/c1-4-7-11-25(6-3)20-17(5-2)24-19-18(23-10-12-26(19)20)15-9-8-14(21)13-16(15)22;/h8-10,12-13H,4-7,11H2,1-3H3;1H. The van der Waals surface area contributed by atoms with Crippen molar-refractivity contribution in [2.75, 3.05) is 18.0 Å². The summed E-state index contributed by atoms with van der Waals surface area (Å²) >= 11 is 12.5. The quantitative estimate of drug-likeness (QED) is 0.443. The Kier molecular flexibility index (Phi) is 7.78. The molecule has 0 radical (unpaired) electrons. The van der Waals surface area contributed by atoms with Crippen molar-refractivity contribution in [2.45, 2.75) is 40.0 Å². The Balaban J connectivity index is 0.00000261. The number of rotatable bonds is 7. The van der Waals surface area contributed by atoms with Gasteiger partial charge >= 0.3 is 0 Å². The van der Waals surface area contributed by atoms with Gasteiger partial charge in [0.15, 0.2) is 5.65 Å². The summed E-state index contributed by atoms with van der Waals surface area (Å²) in [4.78, 5) is 11.9. The monoisotopic (exact) mass is 426 g/mol. The van der Waals surface area contributed by atoms with E-state index in [-0.39, 0.29) is 12.4 Å². The van der Waals surface area contributed by atoms with Crippen molar-refractivity contribution < 1.29 is 0 Å². The summed E-state index contributed by atoms with van der Waals surface area (Å²) in [6.45, 7) is 8.51. The molecule has 0 fully saturated rings. The normalized spacial score (nSPS) is 10.9. The Morgan fingerprint density at radius 1 is 1.15 bits per heavy atom. The predicted octanol–water partition coefficient (Wildman–Crippen LogP) is 6.31. The second-order valence-electron chi connectivity index (χ2n) is 6.26. The van der Waals surface area contributed by atoms with Gasteiger partial charge in [0.2, 0.25) is 0 Å². The van der Waals surface area contributed by atoms with Crippen LogP contribution in [0.3, 0.4) is 0 Å². The molecule has 0 saturated carbocycles. The van der Waals surface area contributed by atoms with Crippen LogP contribution in [0, 0.1) is 0 Å². The number of hydrogen-bond acceptors (Lipinski definition) is 3. The van der Waals surface area contributed by atoms with Gasteiger partial charge in [-0.05, 0) is 38.0 Å². The van der Waals surface area contributed by atoms with Crippen molar-refractivity contribution in [1.29, 1.82) is 0 Å². The van der Waals surface area contributed by atoms with Gasteiger partial charge in [-0.3, -0.25) is 9.38 Å². The fraction of sp³-hybridized carbons (Fsp3) is 0.400. The van der Waals surface area contributed by atoms with Crippen LogP contribution in [0.4, 0.5) is 5.82 Å². The molecule has 0 amide bonds. The van der Waals surface area contributed by atoms with E-state index in [1.54, 1.807) is 6.07 Å². The first-order chi connectivity index (χ1) is 12.6. The van der Waals surface area contributed by atoms with Crippen LogP contribution < -0.4 is 4.90 Å². The molecule has 0 aliphatic heterocycles. The summed E-state index contributed by atoms with van der Waals surface area (Å²) < 4.78 is 2.14. The number of halogens is 3. The smallest absolute Gasteiger partial charge is 0.165 e. The first kappa shape index (κ1) is 21.8. The zero-order valence-electron chi connectivity index (χ0n) is 15.9. The molecule has 2 aromatic heterocycles. The minimum Gasteiger partial charge on any atom is -0.356 e. The molecule has 0 unspecified atom stereocenters. The van der Waals surface area contributed by atoms with Crippen molar-refractivity contribution in [2.24, 2.45) is 0 Å². The number of fused-ring (bicyclic) bond motifs is 1. The molecule has 3 rings (SSSR count). The number of aryl methyl sites for hydroxylation is 1. The molecule has 0 aliphatic rings. The van der Waals surface area contributed by atoms with Gasteiger partial charge in [0.05, 0.1) is 10.7 Å². The summed E-state index contributed by atoms with van der Waals surface area (Å²) in [5.41, 5.74) is 3.54. The van der Waals surface area contributed by atoms with Gasteiger partial charge in [0.1, 0.15) is 11.5 Å². The number of anilines is 1. The van der Waals surface area contributed by atoms with Gasteiger partial charge in [0, 0.05) is 36.1 Å². The van der Waals surface area contributed by atoms with E-state index >= 15 is 0 Å². The first-order valence-electron chi connectivity index (χ1n) is 9.16. The molecule has 0 bridgehead atoms. The van der Waals surface area contributed by atoms with Crippen molar-refractivity contribution in [3.63, 3.8) is 0 Å². The lowest BCUT2D eigenvalue weighted by Crippen LogP contribution is -2.26. The van der Waals surface area contributed by atoms with Crippen LogP contribution >= 0.6 is 35.6 Å². The Morgan fingerprint density at radius 3 is 2.56 bits per heavy atom. The molecule has 27 heavy (non-hydrogen) atoms. The average Bonchev–Trinajstić information content (AvgIpc) is 3.01. The molecule has 0 saturated heterocycles. The summed E-state index contributed by atoms with van der Waals surface area (Å²) in [7, 11) is 0. The summed E-state index contributed by atoms with van der Waals surface area (Å²) in [5, 5.41) is 1.19. The van der Waals surface area contributed by atoms with Crippen molar-refractivity contribution in [3.8, 4) is 11.3 Å². The molecular weight excluding hydrogens is 403 g/mol. The van der Waals surface area contributed by atoms with Crippen LogP contribution in [0.15, 0.2) is 30.6 Å². The van der Waals surface area contributed by atoms with Crippen LogP contribution in [0.1, 0.15) is 39.3 Å². The highest BCUT2D eigenvalue weighted by Crippen LogP contribution is 2.33. The van der Waals surface area contributed by atoms with Crippen LogP contribution in [0.25, 0.3) is 16.9 Å². The van der Waals surface area contributed by atoms with Gasteiger partial charge < -0.3 is 4.90 Å². The van der Waals surface area contributed by atoms with Crippen LogP contribution in [-0.2, 0) is 6.42 Å². The Morgan fingerprint density at radius 2 is 1.93 bits per heavy atom. The number of hydrogen-bond donors (Lipinski definition) is 0. The lowest BCUT2D eigenvalue weighted by molar-refractivity contribution is 0.717. The molecule has 146 valence electrons. The van der Waals surface area contributed by atoms with Gasteiger partial charge in [-0.1, -0.05) is 43.5 Å². The third-order valence-electron chi connectivity index (χ3n) is 4.57. The van der Waals surface area contributed by atoms with E-state index in [4.69, 9.17) is 28.2 Å². The molecule has 4 nitrogen and oxygen atoms in total. The van der Waals surface area contributed by atoms with Crippen molar-refractivity contribution in [3.05, 3.63) is 46.3 Å². The summed E-state index contributed by atoms with van der Waals surface area (Å²) in [6, 6.07) is 5.48. The number of aromatic nitrogens is 3. The maximum Gasteiger partial charge on any atom is 0.165 e. The zero-order valence-corrected chi connectivity index (χ0v) is 18.2. The molecular formula is C20H25Cl3N4. The lowest BCUT2D eigenvalue weighted by atomic mass is 10.1. The molecule has 0 N–H and O–H groups in total. The van der Waals surface area contributed by atoms with Gasteiger partial charge in [-0.2, -0.15) is 0 Å². The maximum absolute atomic E-state index is 6.43. The number of nitrogens with zero attached hydrogens (tertiary/aromatic N) is 4. The van der Waals surface area contributed by atoms with Gasteiger partial charge in [0.25, 0.3) is 0 Å². The number of benzene rings is 1. The third kappa shape index (κ3) is 4.34. The second kappa shape index (κ2) is 9.63. The largest absolute Gasteiger partial charge is 0.356 e. The average molecular weight is 428 g/mol. The highest BCUT2D eigenvalue weighted by atomic mass is 35.5. The Bertz CT molecular complexity index is 908. The fourth-order valence-electron chi connectivity index (χ4n) is 3.22. The highest BCUT2D eigenvalue weighted by molar-refractivity contribution is 6.36. The van der Waals surface area contributed by atoms with E-state index in [9.17, 15) is 0 Å². The van der Waals surface area contributed by atoms with Gasteiger partial charge in [-0.25, -0.2) is 4.98 Å². The summed E-state index contributed by atoms with van der Waals surface area (Å²) in [5.74, 6) is 1.16. The first-order valence-corrected chi connectivity index (χ1v) is 9.92. The Hall–Kier alpha value is -1.49. The minimum atomic E-state index is 0. The molecule has 0 spiro atoms. The maximum atomic E-state index is 6.43. The molecule has 1 aromatic carbocycles. The number of imidazole rings is 1. The van der Waals surface area contributed by atoms with E-state index in [0.717, 1.165) is 54.3 Å². The SMILES string of the molecule is CCCCN(CC)c1c(CC)nc2c(-c3ccc(Cl)cc3Cl)nccn12.Cl. The summed E-state index contributed by atoms with van der Waals surface area (Å²) in [6.07, 6.45) is 6.99. The lowest BCUT2D eigenvalue weighted by Gasteiger charge is -2.23. The number of unbranched alkanes of at least 4 members (excludes halogenated alkanes) is 1. The van der Waals surface area contributed by atoms with Crippen molar-refractivity contribution >= 4 is 47.1 Å². The highest BCUT2D eigenvalue weighted by Gasteiger charge is 2.20. The van der Waals surface area contributed by atoms with E-state index in [1.165, 1.54) is 6.42 Å². The molecule has 0 atom stereocenters. The van der Waals surface area contributed by atoms with E-state index in [2.05, 4.69) is 35.1 Å². The predicted molar refractivity (Wildman–Crippen MR) is 118 cm³/mol. The molecule has 2 heterocycles. The third-order valence-corrected chi connectivity index (χ3v) is 5.12. The minimum absolute atomic E-state index is 0. The zero-order chi connectivity index (χ0) is 18.7. The van der Waals surface area contributed by atoms with Gasteiger partial charge in [-0.15, -0.1) is 12.4 Å². The molecule has 0 aliphatic carbocycles. The van der Waals surface area contributed by atoms with Crippen LogP contribution in [0.5, 0.6) is 0 Å². The molecule has 3 aromatic rings. The van der Waals surface area contributed by atoms with Crippen LogP contribution in [0.2, 0.25) is 10.0 Å². The second-order valence-corrected chi connectivity index (χ2v) is 7.11. The van der Waals surface area contributed by atoms with E-state index in [0.29, 0.717) is 10.0 Å². The topological polar surface area (TPSA) is 33.4 Å². The Labute approximate surface area is 176 Å². The van der Waals surface area contributed by atoms with E-state index in [1.807, 2.05) is 24.5 Å². The van der Waals surface area contributed by atoms with E-state index < -0.39 is 0 Å². The molecule has 7 heteroatoms. The fourth-order valence-corrected chi connectivity index (χ4v) is 3.72.